The van der Waals surface area contributed by atoms with Crippen LogP contribution >= 0.6 is 12.4 Å². The van der Waals surface area contributed by atoms with Crippen LogP contribution in [-0.2, 0) is 0 Å². The minimum Gasteiger partial charge on any atom is -0.371 e. The van der Waals surface area contributed by atoms with Gasteiger partial charge in [0.05, 0.1) is 0 Å². The molecule has 2 saturated heterocycles. The fourth-order valence-electron chi connectivity index (χ4n) is 3.21. The van der Waals surface area contributed by atoms with E-state index < -0.39 is 0 Å². The molecule has 2 nitrogen and oxygen atoms in total. The van der Waals surface area contributed by atoms with Gasteiger partial charge < -0.3 is 10.2 Å². The summed E-state index contributed by atoms with van der Waals surface area (Å²) in [4.78, 5) is 2.57. The maximum Gasteiger partial charge on any atom is 0.0366 e. The summed E-state index contributed by atoms with van der Waals surface area (Å²) in [5.41, 5.74) is 1.96. The van der Waals surface area contributed by atoms with E-state index in [1.54, 1.807) is 0 Å². The Morgan fingerprint density at radius 1 is 1.12 bits per heavy atom. The molecule has 0 saturated carbocycles. The van der Waals surface area contributed by atoms with Crippen molar-refractivity contribution >= 4 is 18.1 Å². The van der Waals surface area contributed by atoms with Crippen molar-refractivity contribution in [3.63, 3.8) is 0 Å². The summed E-state index contributed by atoms with van der Waals surface area (Å²) in [5.74, 6) is 0. The highest BCUT2D eigenvalue weighted by atomic mass is 35.5. The summed E-state index contributed by atoms with van der Waals surface area (Å²) < 4.78 is 0. The number of piperidine rings is 1. The number of nitrogens with one attached hydrogen (secondary N) is 1. The predicted molar refractivity (Wildman–Crippen MR) is 75.1 cm³/mol. The van der Waals surface area contributed by atoms with Crippen LogP contribution in [0.3, 0.4) is 0 Å². The number of para-hydroxylation sites is 1. The Hall–Kier alpha value is -0.730. The van der Waals surface area contributed by atoms with Gasteiger partial charge in [-0.2, -0.15) is 0 Å². The zero-order chi connectivity index (χ0) is 10.8. The molecule has 1 unspecified atom stereocenters. The van der Waals surface area contributed by atoms with Crippen LogP contribution in [-0.4, -0.2) is 26.2 Å². The first kappa shape index (κ1) is 12.7. The van der Waals surface area contributed by atoms with Gasteiger partial charge in [0, 0.05) is 30.7 Å². The summed E-state index contributed by atoms with van der Waals surface area (Å²) in [6.45, 7) is 4.90. The quantitative estimate of drug-likeness (QED) is 0.827. The van der Waals surface area contributed by atoms with Gasteiger partial charge in [-0.3, -0.25) is 0 Å². The molecule has 1 N–H and O–H groups in total. The monoisotopic (exact) mass is 252 g/mol. The molecular weight excluding hydrogens is 232 g/mol. The molecule has 0 bridgehead atoms. The Balaban J connectivity index is 0.00000108. The summed E-state index contributed by atoms with van der Waals surface area (Å²) in [6, 6.07) is 10.9. The van der Waals surface area contributed by atoms with E-state index in [9.17, 15) is 0 Å². The molecule has 2 aliphatic rings. The maximum atomic E-state index is 3.53. The van der Waals surface area contributed by atoms with E-state index in [1.165, 1.54) is 51.1 Å². The van der Waals surface area contributed by atoms with Gasteiger partial charge in [-0.05, 0) is 37.9 Å². The first-order chi connectivity index (χ1) is 7.88. The van der Waals surface area contributed by atoms with Crippen molar-refractivity contribution in [3.8, 4) is 0 Å². The van der Waals surface area contributed by atoms with Crippen LogP contribution in [0.15, 0.2) is 30.3 Å². The van der Waals surface area contributed by atoms with E-state index in [1.807, 2.05) is 0 Å². The van der Waals surface area contributed by atoms with Gasteiger partial charge in [0.2, 0.25) is 0 Å². The molecule has 1 atom stereocenters. The lowest BCUT2D eigenvalue weighted by molar-refractivity contribution is 0.261. The Bertz CT molecular complexity index is 346. The molecular formula is C14H21ClN2. The number of rotatable bonds is 1. The number of anilines is 1. The highest BCUT2D eigenvalue weighted by Crippen LogP contribution is 2.37. The third kappa shape index (κ3) is 2.58. The third-order valence-electron chi connectivity index (χ3n) is 4.11. The van der Waals surface area contributed by atoms with Crippen LogP contribution in [0, 0.1) is 5.41 Å². The van der Waals surface area contributed by atoms with E-state index in [0.29, 0.717) is 5.41 Å². The van der Waals surface area contributed by atoms with E-state index in [4.69, 9.17) is 0 Å². The van der Waals surface area contributed by atoms with Crippen molar-refractivity contribution in [1.82, 2.24) is 5.32 Å². The molecule has 0 aliphatic carbocycles. The summed E-state index contributed by atoms with van der Waals surface area (Å²) >= 11 is 0. The zero-order valence-electron chi connectivity index (χ0n) is 10.2. The highest BCUT2D eigenvalue weighted by molar-refractivity contribution is 5.85. The molecule has 3 heteroatoms. The van der Waals surface area contributed by atoms with Crippen molar-refractivity contribution < 1.29 is 0 Å². The molecule has 0 radical (unpaired) electrons. The van der Waals surface area contributed by atoms with Crippen molar-refractivity contribution in [2.75, 3.05) is 31.1 Å². The minimum absolute atomic E-state index is 0. The highest BCUT2D eigenvalue weighted by Gasteiger charge is 2.37. The second-order valence-corrected chi connectivity index (χ2v) is 5.29. The molecule has 1 spiro atoms. The molecule has 2 heterocycles. The van der Waals surface area contributed by atoms with Gasteiger partial charge in [-0.15, -0.1) is 12.4 Å². The van der Waals surface area contributed by atoms with E-state index in [0.717, 1.165) is 0 Å². The molecule has 2 fully saturated rings. The molecule has 0 aromatic heterocycles. The first-order valence-electron chi connectivity index (χ1n) is 6.39. The van der Waals surface area contributed by atoms with Crippen LogP contribution in [0.4, 0.5) is 5.69 Å². The lowest BCUT2D eigenvalue weighted by Crippen LogP contribution is -2.44. The molecule has 3 rings (SSSR count). The lowest BCUT2D eigenvalue weighted by atomic mass is 9.79. The molecule has 1 aromatic rings. The molecule has 2 aliphatic heterocycles. The second-order valence-electron chi connectivity index (χ2n) is 5.29. The fraction of sp³-hybridized carbons (Fsp3) is 0.571. The Kier molecular flexibility index (Phi) is 3.95. The molecule has 1 aromatic carbocycles. The smallest absolute Gasteiger partial charge is 0.0366 e. The van der Waals surface area contributed by atoms with Gasteiger partial charge in [0.1, 0.15) is 0 Å². The van der Waals surface area contributed by atoms with Crippen LogP contribution in [0.2, 0.25) is 0 Å². The van der Waals surface area contributed by atoms with Crippen LogP contribution in [0.25, 0.3) is 0 Å². The van der Waals surface area contributed by atoms with Crippen molar-refractivity contribution in [2.45, 2.75) is 19.3 Å². The van der Waals surface area contributed by atoms with E-state index >= 15 is 0 Å². The first-order valence-corrected chi connectivity index (χ1v) is 6.39. The van der Waals surface area contributed by atoms with Gasteiger partial charge >= 0.3 is 0 Å². The van der Waals surface area contributed by atoms with Gasteiger partial charge in [-0.25, -0.2) is 0 Å². The van der Waals surface area contributed by atoms with Crippen molar-refractivity contribution in [3.05, 3.63) is 30.3 Å². The van der Waals surface area contributed by atoms with Gasteiger partial charge in [0.25, 0.3) is 0 Å². The third-order valence-corrected chi connectivity index (χ3v) is 4.11. The lowest BCUT2D eigenvalue weighted by Gasteiger charge is -2.41. The largest absolute Gasteiger partial charge is 0.371 e. The van der Waals surface area contributed by atoms with Crippen LogP contribution < -0.4 is 10.2 Å². The Morgan fingerprint density at radius 3 is 2.65 bits per heavy atom. The van der Waals surface area contributed by atoms with Crippen molar-refractivity contribution in [2.24, 2.45) is 5.41 Å². The maximum absolute atomic E-state index is 3.53. The topological polar surface area (TPSA) is 15.3 Å². The standard InChI is InChI=1S/C14H20N2.ClH/c1-2-5-13(6-3-1)16-10-4-7-14(12-16)8-9-15-11-14;/h1-3,5-6,15H,4,7-12H2;1H. The van der Waals surface area contributed by atoms with E-state index in [-0.39, 0.29) is 12.4 Å². The summed E-state index contributed by atoms with van der Waals surface area (Å²) in [7, 11) is 0. The average molecular weight is 253 g/mol. The number of benzene rings is 1. The predicted octanol–water partition coefficient (Wildman–Crippen LogP) is 2.69. The number of hydrogen-bond donors (Lipinski definition) is 1. The number of halogens is 1. The summed E-state index contributed by atoms with van der Waals surface area (Å²) in [5, 5.41) is 3.53. The van der Waals surface area contributed by atoms with E-state index in [2.05, 4.69) is 40.5 Å². The Labute approximate surface area is 110 Å². The Morgan fingerprint density at radius 2 is 1.94 bits per heavy atom. The normalized spacial score (nSPS) is 28.1. The number of hydrogen-bond acceptors (Lipinski definition) is 2. The SMILES string of the molecule is Cl.c1ccc(N2CCCC3(CCNC3)C2)cc1. The van der Waals surface area contributed by atoms with Crippen LogP contribution in [0.5, 0.6) is 0 Å². The van der Waals surface area contributed by atoms with Crippen LogP contribution in [0.1, 0.15) is 19.3 Å². The molecule has 17 heavy (non-hydrogen) atoms. The summed E-state index contributed by atoms with van der Waals surface area (Å²) in [6.07, 6.45) is 4.11. The fourth-order valence-corrected chi connectivity index (χ4v) is 3.21. The van der Waals surface area contributed by atoms with Crippen molar-refractivity contribution in [1.29, 1.82) is 0 Å². The van der Waals surface area contributed by atoms with Gasteiger partial charge in [0.15, 0.2) is 0 Å². The number of nitrogens with zero attached hydrogens (tertiary/aromatic N) is 1. The zero-order valence-corrected chi connectivity index (χ0v) is 11.0. The second kappa shape index (κ2) is 5.28. The average Bonchev–Trinajstić information content (AvgIpc) is 2.78. The van der Waals surface area contributed by atoms with Gasteiger partial charge in [-0.1, -0.05) is 18.2 Å². The minimum atomic E-state index is 0. The molecule has 94 valence electrons. The molecule has 0 amide bonds.